The SMILES string of the molecule is Cc1ccc(OCCNC(=O)CN(c2ccc(Cl)c(Cl)c2)S(C)(=O)=O)cc1. The summed E-state index contributed by atoms with van der Waals surface area (Å²) in [5.41, 5.74) is 1.39. The summed E-state index contributed by atoms with van der Waals surface area (Å²) >= 11 is 11.8. The summed E-state index contributed by atoms with van der Waals surface area (Å²) < 4.78 is 30.6. The predicted octanol–water partition coefficient (Wildman–Crippen LogP) is 3.26. The summed E-state index contributed by atoms with van der Waals surface area (Å²) in [4.78, 5) is 12.1. The Bertz CT molecular complexity index is 902. The van der Waals surface area contributed by atoms with E-state index in [-0.39, 0.29) is 30.4 Å². The highest BCUT2D eigenvalue weighted by Gasteiger charge is 2.21. The molecule has 1 N–H and O–H groups in total. The Kier molecular flexibility index (Phi) is 7.35. The van der Waals surface area contributed by atoms with Crippen LogP contribution in [0.5, 0.6) is 5.75 Å². The van der Waals surface area contributed by atoms with Crippen molar-refractivity contribution in [3.63, 3.8) is 0 Å². The first-order chi connectivity index (χ1) is 12.7. The molecule has 0 fully saturated rings. The number of hydrogen-bond acceptors (Lipinski definition) is 4. The highest BCUT2D eigenvalue weighted by atomic mass is 35.5. The van der Waals surface area contributed by atoms with Gasteiger partial charge in [0.2, 0.25) is 15.9 Å². The van der Waals surface area contributed by atoms with E-state index in [1.165, 1.54) is 18.2 Å². The highest BCUT2D eigenvalue weighted by Crippen LogP contribution is 2.28. The Morgan fingerprint density at radius 2 is 1.78 bits per heavy atom. The summed E-state index contributed by atoms with van der Waals surface area (Å²) in [5, 5.41) is 3.13. The zero-order chi connectivity index (χ0) is 20.0. The van der Waals surface area contributed by atoms with Crippen molar-refractivity contribution in [2.75, 3.05) is 30.3 Å². The molecule has 0 bridgehead atoms. The van der Waals surface area contributed by atoms with Crippen molar-refractivity contribution in [2.45, 2.75) is 6.92 Å². The van der Waals surface area contributed by atoms with Crippen LogP contribution in [0.1, 0.15) is 5.56 Å². The summed E-state index contributed by atoms with van der Waals surface area (Å²) in [5.74, 6) is 0.238. The number of benzene rings is 2. The van der Waals surface area contributed by atoms with Gasteiger partial charge in [0.25, 0.3) is 0 Å². The van der Waals surface area contributed by atoms with Gasteiger partial charge in [-0.25, -0.2) is 8.42 Å². The van der Waals surface area contributed by atoms with Gasteiger partial charge in [0.15, 0.2) is 0 Å². The molecular formula is C18H20Cl2N2O4S. The lowest BCUT2D eigenvalue weighted by atomic mass is 10.2. The fourth-order valence-corrected chi connectivity index (χ4v) is 3.36. The van der Waals surface area contributed by atoms with Crippen LogP contribution in [0.4, 0.5) is 5.69 Å². The third-order valence-electron chi connectivity index (χ3n) is 3.59. The summed E-state index contributed by atoms with van der Waals surface area (Å²) in [7, 11) is -3.68. The first kappa shape index (κ1) is 21.3. The van der Waals surface area contributed by atoms with E-state index in [4.69, 9.17) is 27.9 Å². The Morgan fingerprint density at radius 1 is 1.11 bits per heavy atom. The van der Waals surface area contributed by atoms with Gasteiger partial charge in [0.1, 0.15) is 18.9 Å². The molecule has 0 saturated carbocycles. The van der Waals surface area contributed by atoms with E-state index in [1.807, 2.05) is 31.2 Å². The number of ether oxygens (including phenoxy) is 1. The molecular weight excluding hydrogens is 411 g/mol. The molecule has 27 heavy (non-hydrogen) atoms. The molecule has 2 aromatic rings. The predicted molar refractivity (Wildman–Crippen MR) is 108 cm³/mol. The van der Waals surface area contributed by atoms with Gasteiger partial charge >= 0.3 is 0 Å². The van der Waals surface area contributed by atoms with Crippen molar-refractivity contribution in [3.05, 3.63) is 58.1 Å². The van der Waals surface area contributed by atoms with E-state index in [2.05, 4.69) is 5.32 Å². The molecule has 0 saturated heterocycles. The van der Waals surface area contributed by atoms with Gasteiger partial charge < -0.3 is 10.1 Å². The van der Waals surface area contributed by atoms with Crippen LogP contribution in [-0.4, -0.2) is 40.3 Å². The fourth-order valence-electron chi connectivity index (χ4n) is 2.22. The third-order valence-corrected chi connectivity index (χ3v) is 5.47. The van der Waals surface area contributed by atoms with E-state index in [1.54, 1.807) is 0 Å². The Balaban J connectivity index is 1.92. The number of amides is 1. The summed E-state index contributed by atoms with van der Waals surface area (Å²) in [6.45, 7) is 2.11. The molecule has 2 rings (SSSR count). The van der Waals surface area contributed by atoms with E-state index in [9.17, 15) is 13.2 Å². The second-order valence-corrected chi connectivity index (χ2v) is 8.60. The number of hydrogen-bond donors (Lipinski definition) is 1. The highest BCUT2D eigenvalue weighted by molar-refractivity contribution is 7.92. The van der Waals surface area contributed by atoms with Crippen LogP contribution < -0.4 is 14.4 Å². The number of halogens is 2. The normalized spacial score (nSPS) is 11.1. The first-order valence-corrected chi connectivity index (χ1v) is 10.7. The van der Waals surface area contributed by atoms with Gasteiger partial charge in [-0.05, 0) is 37.3 Å². The number of anilines is 1. The summed E-state index contributed by atoms with van der Waals surface area (Å²) in [6.07, 6.45) is 1.02. The van der Waals surface area contributed by atoms with Gasteiger partial charge in [-0.15, -0.1) is 0 Å². The van der Waals surface area contributed by atoms with Crippen molar-refractivity contribution >= 4 is 44.8 Å². The minimum absolute atomic E-state index is 0.203. The van der Waals surface area contributed by atoms with E-state index in [0.717, 1.165) is 16.1 Å². The van der Waals surface area contributed by atoms with Crippen LogP contribution in [0.25, 0.3) is 0 Å². The van der Waals surface area contributed by atoms with Gasteiger partial charge in [-0.1, -0.05) is 40.9 Å². The quantitative estimate of drug-likeness (QED) is 0.651. The standard InChI is InChI=1S/C18H20Cl2N2O4S/c1-13-3-6-15(7-4-13)26-10-9-21-18(23)12-22(27(2,24)25)14-5-8-16(19)17(20)11-14/h3-8,11H,9-10,12H2,1-2H3,(H,21,23). The second kappa shape index (κ2) is 9.30. The smallest absolute Gasteiger partial charge is 0.240 e. The van der Waals surface area contributed by atoms with E-state index in [0.29, 0.717) is 10.8 Å². The van der Waals surface area contributed by atoms with Gasteiger partial charge in [-0.3, -0.25) is 9.10 Å². The molecule has 0 unspecified atom stereocenters. The Morgan fingerprint density at radius 3 is 2.37 bits per heavy atom. The number of carbonyl (C=O) groups is 1. The van der Waals surface area contributed by atoms with E-state index < -0.39 is 15.9 Å². The lowest BCUT2D eigenvalue weighted by Gasteiger charge is -2.22. The van der Waals surface area contributed by atoms with E-state index >= 15 is 0 Å². The maximum absolute atomic E-state index is 12.1. The van der Waals surface area contributed by atoms with Gasteiger partial charge in [0, 0.05) is 0 Å². The number of sulfonamides is 1. The maximum Gasteiger partial charge on any atom is 0.240 e. The number of carbonyl (C=O) groups excluding carboxylic acids is 1. The molecule has 146 valence electrons. The van der Waals surface area contributed by atoms with Crippen LogP contribution in [0.3, 0.4) is 0 Å². The molecule has 1 amide bonds. The lowest BCUT2D eigenvalue weighted by molar-refractivity contribution is -0.119. The van der Waals surface area contributed by atoms with Crippen LogP contribution in [0, 0.1) is 6.92 Å². The third kappa shape index (κ3) is 6.61. The Hall–Kier alpha value is -1.96. The molecule has 0 radical (unpaired) electrons. The summed E-state index contributed by atoms with van der Waals surface area (Å²) in [6, 6.07) is 11.9. The van der Waals surface area contributed by atoms with Crippen molar-refractivity contribution in [1.29, 1.82) is 0 Å². The molecule has 0 aliphatic rings. The number of nitrogens with one attached hydrogen (secondary N) is 1. The molecule has 2 aromatic carbocycles. The first-order valence-electron chi connectivity index (χ1n) is 8.06. The molecule has 0 spiro atoms. The monoisotopic (exact) mass is 430 g/mol. The molecule has 9 heteroatoms. The number of rotatable bonds is 8. The minimum Gasteiger partial charge on any atom is -0.492 e. The lowest BCUT2D eigenvalue weighted by Crippen LogP contribution is -2.41. The molecule has 0 atom stereocenters. The number of aryl methyl sites for hydroxylation is 1. The van der Waals surface area contributed by atoms with Crippen LogP contribution in [0.2, 0.25) is 10.0 Å². The van der Waals surface area contributed by atoms with Crippen molar-refractivity contribution in [3.8, 4) is 5.75 Å². The molecule has 0 aliphatic carbocycles. The zero-order valence-electron chi connectivity index (χ0n) is 14.9. The molecule has 0 heterocycles. The van der Waals surface area contributed by atoms with Gasteiger partial charge in [-0.2, -0.15) is 0 Å². The number of nitrogens with zero attached hydrogens (tertiary/aromatic N) is 1. The second-order valence-electron chi connectivity index (χ2n) is 5.88. The average Bonchev–Trinajstić information content (AvgIpc) is 2.60. The molecule has 0 aromatic heterocycles. The van der Waals surface area contributed by atoms with Crippen molar-refractivity contribution in [2.24, 2.45) is 0 Å². The molecule has 0 aliphatic heterocycles. The fraction of sp³-hybridized carbons (Fsp3) is 0.278. The van der Waals surface area contributed by atoms with Crippen molar-refractivity contribution in [1.82, 2.24) is 5.32 Å². The molecule has 6 nitrogen and oxygen atoms in total. The average molecular weight is 431 g/mol. The van der Waals surface area contributed by atoms with Crippen LogP contribution in [0.15, 0.2) is 42.5 Å². The van der Waals surface area contributed by atoms with Crippen molar-refractivity contribution < 1.29 is 17.9 Å². The van der Waals surface area contributed by atoms with Gasteiger partial charge in [0.05, 0.1) is 28.5 Å². The minimum atomic E-state index is -3.68. The Labute approximate surface area is 169 Å². The topological polar surface area (TPSA) is 75.7 Å². The van der Waals surface area contributed by atoms with Crippen LogP contribution >= 0.6 is 23.2 Å². The largest absolute Gasteiger partial charge is 0.492 e. The maximum atomic E-state index is 12.1. The zero-order valence-corrected chi connectivity index (χ0v) is 17.2. The van der Waals surface area contributed by atoms with Crippen LogP contribution in [-0.2, 0) is 14.8 Å².